The van der Waals surface area contributed by atoms with Gasteiger partial charge in [0.25, 0.3) is 0 Å². The van der Waals surface area contributed by atoms with Crippen molar-refractivity contribution < 1.29 is 24.7 Å². The normalized spacial score (nSPS) is 1.00. The van der Waals surface area contributed by atoms with E-state index in [0.29, 0.717) is 0 Å². The van der Waals surface area contributed by atoms with Gasteiger partial charge in [-0.25, -0.2) is 0 Å². The molecule has 0 fully saturated rings. The maximum absolute atomic E-state index is 2.09. The molecule has 0 radical (unpaired) electrons. The van der Waals surface area contributed by atoms with Crippen LogP contribution in [0.3, 0.4) is 0 Å². The Morgan fingerprint density at radius 3 is 1.25 bits per heavy atom. The SMILES string of the molecule is [AlH3].[CH3][Zr].[MgH2]. The largest absolute Gasteiger partial charge is 0.316 e. The first-order valence-electron chi connectivity index (χ1n) is 0.500. The maximum atomic E-state index is 2.09. The molecular weight excluding hydrogens is 155 g/mol. The first-order valence-corrected chi connectivity index (χ1v) is 2.96. The predicted octanol–water partition coefficient (Wildman–Crippen LogP) is -1.52. The van der Waals surface area contributed by atoms with Crippen LogP contribution in [0.15, 0.2) is 0 Å². The molecule has 0 heterocycles. The van der Waals surface area contributed by atoms with E-state index in [9.17, 15) is 0 Å². The van der Waals surface area contributed by atoms with Crippen LogP contribution in [0.25, 0.3) is 0 Å². The van der Waals surface area contributed by atoms with Crippen molar-refractivity contribution in [1.82, 2.24) is 0 Å². The van der Waals surface area contributed by atoms with Gasteiger partial charge in [0.1, 0.15) is 0 Å². The van der Waals surface area contributed by atoms with Crippen LogP contribution in [0.2, 0.25) is 4.63 Å². The van der Waals surface area contributed by atoms with E-state index < -0.39 is 0 Å². The van der Waals surface area contributed by atoms with Crippen molar-refractivity contribution in [2.24, 2.45) is 0 Å². The van der Waals surface area contributed by atoms with E-state index in [0.717, 1.165) is 0 Å². The summed E-state index contributed by atoms with van der Waals surface area (Å²) < 4.78 is 2.09. The summed E-state index contributed by atoms with van der Waals surface area (Å²) in [4.78, 5) is 0. The number of hydrogen-bond acceptors (Lipinski definition) is 0. The molecule has 0 atom stereocenters. The summed E-state index contributed by atoms with van der Waals surface area (Å²) >= 11 is 1.55. The fraction of sp³-hybridized carbons (Fsp3) is 1.00. The maximum Gasteiger partial charge on any atom is 0.316 e. The molecular formula is CH8AlMgZr. The van der Waals surface area contributed by atoms with Crippen LogP contribution in [-0.4, -0.2) is 40.4 Å². The molecule has 0 amide bonds. The van der Waals surface area contributed by atoms with Crippen LogP contribution in [0.1, 0.15) is 0 Å². The van der Waals surface area contributed by atoms with Crippen molar-refractivity contribution >= 4 is 40.4 Å². The molecule has 0 aliphatic carbocycles. The summed E-state index contributed by atoms with van der Waals surface area (Å²) in [7, 11) is 0. The van der Waals surface area contributed by atoms with Gasteiger partial charge in [-0.05, 0) is 0 Å². The minimum absolute atomic E-state index is 0. The minimum atomic E-state index is 0. The van der Waals surface area contributed by atoms with Crippen LogP contribution in [-0.2, 0) is 24.7 Å². The molecule has 0 aliphatic rings. The monoisotopic (exact) mass is 161 g/mol. The van der Waals surface area contributed by atoms with Crippen molar-refractivity contribution in [2.75, 3.05) is 0 Å². The van der Waals surface area contributed by atoms with Gasteiger partial charge in [0.2, 0.25) is 0 Å². The molecule has 0 saturated carbocycles. The first-order chi connectivity index (χ1) is 1.00. The van der Waals surface area contributed by atoms with E-state index in [1.807, 2.05) is 0 Å². The molecule has 0 bridgehead atoms. The van der Waals surface area contributed by atoms with Gasteiger partial charge in [-0.15, -0.1) is 0 Å². The second-order valence-corrected chi connectivity index (χ2v) is 0. The molecule has 0 N–H and O–H groups in total. The van der Waals surface area contributed by atoms with Crippen LogP contribution in [0, 0.1) is 0 Å². The summed E-state index contributed by atoms with van der Waals surface area (Å²) in [6.45, 7) is 0. The molecule has 0 rings (SSSR count). The van der Waals surface area contributed by atoms with Crippen LogP contribution < -0.4 is 0 Å². The van der Waals surface area contributed by atoms with Crippen LogP contribution in [0.4, 0.5) is 0 Å². The Morgan fingerprint density at radius 2 is 1.25 bits per heavy atom. The summed E-state index contributed by atoms with van der Waals surface area (Å²) in [5.74, 6) is 0. The zero-order chi connectivity index (χ0) is 2.00. The van der Waals surface area contributed by atoms with Crippen molar-refractivity contribution in [2.45, 2.75) is 4.63 Å². The molecule has 0 aromatic carbocycles. The molecule has 0 nitrogen and oxygen atoms in total. The molecule has 4 heavy (non-hydrogen) atoms. The molecule has 0 aromatic heterocycles. The average Bonchev–Trinajstić information content (AvgIpc) is 1.00. The third-order valence-corrected chi connectivity index (χ3v) is 0. The average molecular weight is 163 g/mol. The zero-order valence-corrected chi connectivity index (χ0v) is 3.96. The van der Waals surface area contributed by atoms with E-state index in [1.54, 1.807) is 24.7 Å². The summed E-state index contributed by atoms with van der Waals surface area (Å²) in [5, 5.41) is 0. The molecule has 0 aliphatic heterocycles. The Labute approximate surface area is 68.9 Å². The quantitative estimate of drug-likeness (QED) is 0.380. The number of rotatable bonds is 0. The Kier molecular flexibility index (Phi) is 78.0. The van der Waals surface area contributed by atoms with Gasteiger partial charge in [-0.1, -0.05) is 0 Å². The summed E-state index contributed by atoms with van der Waals surface area (Å²) in [5.41, 5.74) is 0. The van der Waals surface area contributed by atoms with Crippen molar-refractivity contribution in [3.8, 4) is 0 Å². The molecule has 0 spiro atoms. The Balaban J connectivity index is -0.00000000500. The molecule has 3 heteroatoms. The smallest absolute Gasteiger partial charge is 0.316 e. The third-order valence-electron chi connectivity index (χ3n) is 0. The van der Waals surface area contributed by atoms with Gasteiger partial charge >= 0.3 is 52.4 Å². The van der Waals surface area contributed by atoms with E-state index in [-0.39, 0.29) is 40.4 Å². The summed E-state index contributed by atoms with van der Waals surface area (Å²) in [6.07, 6.45) is 0. The third kappa shape index (κ3) is 8.89. The fourth-order valence-electron chi connectivity index (χ4n) is 0. The van der Waals surface area contributed by atoms with Gasteiger partial charge < -0.3 is 0 Å². The van der Waals surface area contributed by atoms with Crippen molar-refractivity contribution in [3.63, 3.8) is 0 Å². The summed E-state index contributed by atoms with van der Waals surface area (Å²) in [6, 6.07) is 0. The van der Waals surface area contributed by atoms with Crippen LogP contribution >= 0.6 is 0 Å². The minimum Gasteiger partial charge on any atom is 0.316 e. The standard InChI is InChI=1S/CH3.Al.Mg.Zr.5H/h1H3;;;;;;;;. The zero-order valence-electron chi connectivity index (χ0n) is 1.50. The molecule has 21 valence electrons. The van der Waals surface area contributed by atoms with Crippen molar-refractivity contribution in [3.05, 3.63) is 0 Å². The van der Waals surface area contributed by atoms with E-state index in [1.165, 1.54) is 0 Å². The Bertz CT molecular complexity index is 8.00. The van der Waals surface area contributed by atoms with E-state index in [4.69, 9.17) is 0 Å². The van der Waals surface area contributed by atoms with Gasteiger partial charge in [0, 0.05) is 0 Å². The molecule has 0 aromatic rings. The van der Waals surface area contributed by atoms with E-state index in [2.05, 4.69) is 4.63 Å². The molecule has 0 saturated heterocycles. The predicted molar refractivity (Wildman–Crippen MR) is 24.3 cm³/mol. The second-order valence-electron chi connectivity index (χ2n) is 0. The second kappa shape index (κ2) is 19.0. The Hall–Kier alpha value is 2.18. The van der Waals surface area contributed by atoms with Gasteiger partial charge in [-0.2, -0.15) is 0 Å². The first kappa shape index (κ1) is 16.4. The van der Waals surface area contributed by atoms with Gasteiger partial charge in [0.15, 0.2) is 17.4 Å². The molecule has 0 unspecified atom stereocenters. The Morgan fingerprint density at radius 1 is 1.25 bits per heavy atom. The van der Waals surface area contributed by atoms with Crippen LogP contribution in [0.5, 0.6) is 0 Å². The topological polar surface area (TPSA) is 0 Å². The fourth-order valence-corrected chi connectivity index (χ4v) is 0. The number of hydrogen-bond donors (Lipinski definition) is 0. The van der Waals surface area contributed by atoms with Gasteiger partial charge in [-0.3, -0.25) is 0 Å². The van der Waals surface area contributed by atoms with E-state index >= 15 is 0 Å². The van der Waals surface area contributed by atoms with Gasteiger partial charge in [0.05, 0.1) is 0 Å². The van der Waals surface area contributed by atoms with Crippen molar-refractivity contribution in [1.29, 1.82) is 0 Å².